The summed E-state index contributed by atoms with van der Waals surface area (Å²) in [6, 6.07) is 0. The van der Waals surface area contributed by atoms with Crippen molar-refractivity contribution in [1.82, 2.24) is 5.43 Å². The summed E-state index contributed by atoms with van der Waals surface area (Å²) in [5.74, 6) is -0.322. The van der Waals surface area contributed by atoms with Crippen molar-refractivity contribution in [1.29, 1.82) is 0 Å². The molecule has 1 aliphatic rings. The number of carbonyl (C=O) groups excluding carboxylic acids is 1. The molecule has 0 saturated carbocycles. The van der Waals surface area contributed by atoms with Crippen LogP contribution in [0.25, 0.3) is 0 Å². The Morgan fingerprint density at radius 1 is 1.73 bits per heavy atom. The van der Waals surface area contributed by atoms with E-state index in [1.165, 1.54) is 14.2 Å². The number of carbonyl (C=O) groups is 1. The van der Waals surface area contributed by atoms with Crippen LogP contribution in [0.5, 0.6) is 0 Å². The van der Waals surface area contributed by atoms with E-state index in [2.05, 4.69) is 15.3 Å². The van der Waals surface area contributed by atoms with E-state index in [9.17, 15) is 4.79 Å². The molecule has 1 rings (SSSR count). The first-order chi connectivity index (χ1) is 5.29. The molecular weight excluding hydrogens is 148 g/mol. The van der Waals surface area contributed by atoms with E-state index in [-0.39, 0.29) is 11.9 Å². The van der Waals surface area contributed by atoms with Gasteiger partial charge in [0.05, 0.1) is 20.8 Å². The topological polar surface area (TPSA) is 59.9 Å². The summed E-state index contributed by atoms with van der Waals surface area (Å²) in [5.41, 5.74) is 2.65. The molecule has 0 saturated heterocycles. The van der Waals surface area contributed by atoms with Gasteiger partial charge in [-0.1, -0.05) is 0 Å². The van der Waals surface area contributed by atoms with Crippen molar-refractivity contribution in [3.8, 4) is 0 Å². The summed E-state index contributed by atoms with van der Waals surface area (Å²) in [5, 5.41) is 3.75. The molecule has 1 unspecified atom stereocenters. The van der Waals surface area contributed by atoms with Crippen LogP contribution in [-0.4, -0.2) is 32.6 Å². The van der Waals surface area contributed by atoms with E-state index < -0.39 is 0 Å². The molecule has 1 atom stereocenters. The zero-order chi connectivity index (χ0) is 8.27. The summed E-state index contributed by atoms with van der Waals surface area (Å²) >= 11 is 0. The van der Waals surface area contributed by atoms with E-state index in [1.807, 2.05) is 0 Å². The summed E-state index contributed by atoms with van der Waals surface area (Å²) < 4.78 is 9.36. The van der Waals surface area contributed by atoms with E-state index in [0.717, 1.165) is 0 Å². The Morgan fingerprint density at radius 3 is 3.00 bits per heavy atom. The molecular formula is C6H10N2O3. The predicted molar refractivity (Wildman–Crippen MR) is 38.0 cm³/mol. The molecule has 0 amide bonds. The molecule has 11 heavy (non-hydrogen) atoms. The first-order valence-corrected chi connectivity index (χ1v) is 3.22. The Bertz CT molecular complexity index is 190. The lowest BCUT2D eigenvalue weighted by Crippen LogP contribution is -2.27. The van der Waals surface area contributed by atoms with Crippen LogP contribution in [0.2, 0.25) is 0 Å². The van der Waals surface area contributed by atoms with Crippen molar-refractivity contribution in [2.45, 2.75) is 0 Å². The Morgan fingerprint density at radius 2 is 2.45 bits per heavy atom. The highest BCUT2D eigenvalue weighted by molar-refractivity contribution is 5.98. The molecule has 1 N–H and O–H groups in total. The van der Waals surface area contributed by atoms with E-state index >= 15 is 0 Å². The summed E-state index contributed by atoms with van der Waals surface area (Å²) in [6.45, 7) is 0.454. The number of hydrogen-bond acceptors (Lipinski definition) is 5. The van der Waals surface area contributed by atoms with Crippen molar-refractivity contribution in [2.75, 3.05) is 20.8 Å². The number of hydrogen-bond donors (Lipinski definition) is 1. The molecule has 0 aromatic heterocycles. The molecule has 1 aliphatic heterocycles. The normalized spacial score (nSPS) is 22.0. The van der Waals surface area contributed by atoms with Crippen LogP contribution in [0.15, 0.2) is 5.10 Å². The van der Waals surface area contributed by atoms with E-state index in [0.29, 0.717) is 12.4 Å². The molecule has 5 heteroatoms. The molecule has 0 aromatic rings. The number of nitrogens with one attached hydrogen (secondary N) is 1. The van der Waals surface area contributed by atoms with Gasteiger partial charge in [-0.15, -0.1) is 5.10 Å². The van der Waals surface area contributed by atoms with Crippen LogP contribution in [-0.2, 0) is 14.3 Å². The maximum Gasteiger partial charge on any atom is 0.320 e. The summed E-state index contributed by atoms with van der Waals surface area (Å²) in [7, 11) is 2.82. The second-order valence-electron chi connectivity index (χ2n) is 2.09. The number of methoxy groups -OCH3 is 2. The van der Waals surface area contributed by atoms with Gasteiger partial charge < -0.3 is 14.9 Å². The number of nitrogens with zero attached hydrogens (tertiary/aromatic N) is 1. The zero-order valence-corrected chi connectivity index (χ0v) is 6.46. The molecule has 62 valence electrons. The zero-order valence-electron chi connectivity index (χ0n) is 6.46. The second kappa shape index (κ2) is 3.23. The molecule has 0 fully saturated rings. The monoisotopic (exact) mass is 158 g/mol. The Labute approximate surface area is 64.4 Å². The van der Waals surface area contributed by atoms with Gasteiger partial charge in [0, 0.05) is 0 Å². The molecule has 1 heterocycles. The van der Waals surface area contributed by atoms with Crippen molar-refractivity contribution in [2.24, 2.45) is 11.0 Å². The standard InChI is InChI=1S/C6H10N2O3/c1-10-5-4(3-7-8-5)6(9)11-2/h4,7H,3H2,1-2H3. The molecule has 5 nitrogen and oxygen atoms in total. The number of rotatable bonds is 1. The largest absolute Gasteiger partial charge is 0.482 e. The first-order valence-electron chi connectivity index (χ1n) is 3.22. The SMILES string of the molecule is COC(=O)C1CNN=C1OC. The van der Waals surface area contributed by atoms with Gasteiger partial charge in [-0.3, -0.25) is 4.79 Å². The van der Waals surface area contributed by atoms with Crippen LogP contribution in [0.1, 0.15) is 0 Å². The van der Waals surface area contributed by atoms with Gasteiger partial charge in [-0.05, 0) is 0 Å². The van der Waals surface area contributed by atoms with E-state index in [1.54, 1.807) is 0 Å². The minimum Gasteiger partial charge on any atom is -0.482 e. The third kappa shape index (κ3) is 1.42. The van der Waals surface area contributed by atoms with Gasteiger partial charge in [-0.2, -0.15) is 0 Å². The van der Waals surface area contributed by atoms with Crippen LogP contribution in [0.4, 0.5) is 0 Å². The van der Waals surface area contributed by atoms with Crippen molar-refractivity contribution >= 4 is 11.9 Å². The maximum atomic E-state index is 11.0. The van der Waals surface area contributed by atoms with E-state index in [4.69, 9.17) is 4.74 Å². The van der Waals surface area contributed by atoms with Gasteiger partial charge in [0.25, 0.3) is 0 Å². The molecule has 0 aromatic carbocycles. The minimum absolute atomic E-state index is 0.324. The average molecular weight is 158 g/mol. The Balaban J connectivity index is 2.59. The Hall–Kier alpha value is -1.26. The van der Waals surface area contributed by atoms with Crippen LogP contribution < -0.4 is 5.43 Å². The smallest absolute Gasteiger partial charge is 0.320 e. The molecule has 0 bridgehead atoms. The fraction of sp³-hybridized carbons (Fsp3) is 0.667. The van der Waals surface area contributed by atoms with Gasteiger partial charge >= 0.3 is 5.97 Å². The highest BCUT2D eigenvalue weighted by Gasteiger charge is 2.30. The third-order valence-electron chi connectivity index (χ3n) is 1.48. The number of hydrazone groups is 1. The molecule has 0 spiro atoms. The minimum atomic E-state index is -0.384. The van der Waals surface area contributed by atoms with Gasteiger partial charge in [0.2, 0.25) is 5.90 Å². The van der Waals surface area contributed by atoms with Crippen molar-refractivity contribution in [3.05, 3.63) is 0 Å². The quantitative estimate of drug-likeness (QED) is 0.514. The fourth-order valence-electron chi connectivity index (χ4n) is 0.894. The van der Waals surface area contributed by atoms with Crippen LogP contribution in [0, 0.1) is 5.92 Å². The fourth-order valence-corrected chi connectivity index (χ4v) is 0.894. The Kier molecular flexibility index (Phi) is 2.30. The van der Waals surface area contributed by atoms with Crippen molar-refractivity contribution < 1.29 is 14.3 Å². The maximum absolute atomic E-state index is 11.0. The average Bonchev–Trinajstić information content (AvgIpc) is 2.50. The molecule has 0 aliphatic carbocycles. The first kappa shape index (κ1) is 7.84. The lowest BCUT2D eigenvalue weighted by atomic mass is 10.1. The third-order valence-corrected chi connectivity index (χ3v) is 1.48. The van der Waals surface area contributed by atoms with Crippen LogP contribution in [0.3, 0.4) is 0 Å². The highest BCUT2D eigenvalue weighted by Crippen LogP contribution is 2.07. The lowest BCUT2D eigenvalue weighted by molar-refractivity contribution is -0.143. The van der Waals surface area contributed by atoms with Crippen molar-refractivity contribution in [3.63, 3.8) is 0 Å². The van der Waals surface area contributed by atoms with Gasteiger partial charge in [0.1, 0.15) is 0 Å². The number of ether oxygens (including phenoxy) is 2. The van der Waals surface area contributed by atoms with Crippen LogP contribution >= 0.6 is 0 Å². The van der Waals surface area contributed by atoms with Gasteiger partial charge in [0.15, 0.2) is 5.92 Å². The highest BCUT2D eigenvalue weighted by atomic mass is 16.5. The summed E-state index contributed by atoms with van der Waals surface area (Å²) in [4.78, 5) is 11.0. The second-order valence-corrected chi connectivity index (χ2v) is 2.09. The summed E-state index contributed by atoms with van der Waals surface area (Å²) in [6.07, 6.45) is 0. The lowest BCUT2D eigenvalue weighted by Gasteiger charge is -2.06. The van der Waals surface area contributed by atoms with Gasteiger partial charge in [-0.25, -0.2) is 0 Å². The number of esters is 1. The predicted octanol–water partition coefficient (Wildman–Crippen LogP) is -0.661. The molecule has 0 radical (unpaired) electrons.